The zero-order valence-corrected chi connectivity index (χ0v) is 20.2. The van der Waals surface area contributed by atoms with Crippen LogP contribution in [0.25, 0.3) is 10.6 Å². The monoisotopic (exact) mass is 543 g/mol. The number of anilines is 1. The van der Waals surface area contributed by atoms with Gasteiger partial charge in [0.1, 0.15) is 11.9 Å². The third-order valence-electron chi connectivity index (χ3n) is 5.76. The molecule has 5 rings (SSSR count). The number of rotatable bonds is 3. The first-order chi connectivity index (χ1) is 16.0. The molecule has 0 amide bonds. The van der Waals surface area contributed by atoms with Gasteiger partial charge < -0.3 is 25.7 Å². The average molecular weight is 545 g/mol. The number of aliphatic hydroxyl groups is 1. The van der Waals surface area contributed by atoms with E-state index in [1.807, 2.05) is 0 Å². The number of hydrogen-bond acceptors (Lipinski definition) is 3. The van der Waals surface area contributed by atoms with Crippen LogP contribution in [0.2, 0.25) is 5.02 Å². The Labute approximate surface area is 210 Å². The van der Waals surface area contributed by atoms with Crippen molar-refractivity contribution in [3.63, 3.8) is 0 Å². The van der Waals surface area contributed by atoms with Crippen molar-refractivity contribution < 1.29 is 34.5 Å². The molecule has 6 nitrogen and oxygen atoms in total. The van der Waals surface area contributed by atoms with Crippen LogP contribution >= 0.6 is 21.7 Å². The van der Waals surface area contributed by atoms with E-state index < -0.39 is 17.9 Å². The Morgan fingerprint density at radius 1 is 1.21 bits per heavy atom. The van der Waals surface area contributed by atoms with Crippen molar-refractivity contribution in [2.75, 3.05) is 18.0 Å². The van der Waals surface area contributed by atoms with Crippen LogP contribution in [0.15, 0.2) is 47.8 Å². The number of carboxylic acid groups (broad SMARTS) is 1. The molecule has 0 spiro atoms. The number of hydrogen-bond donors (Lipinski definition) is 2. The molecule has 2 N–H and O–H groups in total. The molecule has 1 saturated carbocycles. The molecule has 0 bridgehead atoms. The van der Waals surface area contributed by atoms with Gasteiger partial charge in [-0.05, 0) is 25.0 Å². The fraction of sp³-hybridized carbons (Fsp3) is 0.435. The number of carbonyl (C=O) groups is 1. The van der Waals surface area contributed by atoms with Gasteiger partial charge in [0.15, 0.2) is 0 Å². The number of carboxylic acids is 1. The Morgan fingerprint density at radius 2 is 1.97 bits per heavy atom. The van der Waals surface area contributed by atoms with Gasteiger partial charge in [0.2, 0.25) is 0 Å². The number of nitrogens with zero attached hydrogens (tertiary/aromatic N) is 3. The summed E-state index contributed by atoms with van der Waals surface area (Å²) in [6.07, 6.45) is 12.0. The SMILES string of the molecule is C1=CC[N-]C(C2CCCC[N-]2)=C1.O=C(O)C1=CN(C2CC2)c2cc(Cl)c(F)cc2C1O.[Cl][Cu]. The van der Waals surface area contributed by atoms with Crippen LogP contribution in [-0.2, 0) is 19.9 Å². The van der Waals surface area contributed by atoms with Crippen LogP contribution in [0.5, 0.6) is 0 Å². The average Bonchev–Trinajstić information content (AvgIpc) is 3.69. The summed E-state index contributed by atoms with van der Waals surface area (Å²) in [6, 6.07) is 3.14. The molecule has 2 fully saturated rings. The number of benzene rings is 1. The summed E-state index contributed by atoms with van der Waals surface area (Å²) < 4.78 is 13.5. The van der Waals surface area contributed by atoms with E-state index in [1.54, 1.807) is 4.90 Å². The molecule has 0 aromatic heterocycles. The Hall–Kier alpha value is -1.54. The van der Waals surface area contributed by atoms with Crippen LogP contribution in [0.1, 0.15) is 43.8 Å². The van der Waals surface area contributed by atoms with E-state index >= 15 is 0 Å². The van der Waals surface area contributed by atoms with Crippen molar-refractivity contribution in [3.05, 3.63) is 74.9 Å². The number of piperidine rings is 1. The topological polar surface area (TPSA) is 89.0 Å². The first-order valence-electron chi connectivity index (χ1n) is 10.7. The van der Waals surface area contributed by atoms with Crippen molar-refractivity contribution in [3.8, 4) is 0 Å². The van der Waals surface area contributed by atoms with E-state index in [0.717, 1.165) is 32.0 Å². The molecule has 3 aliphatic heterocycles. The molecule has 1 aliphatic carbocycles. The molecule has 1 aromatic carbocycles. The van der Waals surface area contributed by atoms with Gasteiger partial charge in [-0.2, -0.15) is 5.70 Å². The number of fused-ring (bicyclic) bond motifs is 1. The molecule has 1 saturated heterocycles. The fourth-order valence-electron chi connectivity index (χ4n) is 3.96. The second-order valence-corrected chi connectivity index (χ2v) is 8.44. The molecule has 0 radical (unpaired) electrons. The summed E-state index contributed by atoms with van der Waals surface area (Å²) in [5.41, 5.74) is 1.86. The van der Waals surface area contributed by atoms with Gasteiger partial charge in [-0.3, -0.25) is 0 Å². The second kappa shape index (κ2) is 12.2. The number of allylic oxidation sites excluding steroid dienone is 2. The van der Waals surface area contributed by atoms with Crippen molar-refractivity contribution >= 4 is 33.4 Å². The first-order valence-corrected chi connectivity index (χ1v) is 12.4. The summed E-state index contributed by atoms with van der Waals surface area (Å²) in [5.74, 6) is -1.87. The maximum atomic E-state index is 13.5. The van der Waals surface area contributed by atoms with E-state index in [4.69, 9.17) is 16.7 Å². The van der Waals surface area contributed by atoms with Gasteiger partial charge >= 0.3 is 31.2 Å². The summed E-state index contributed by atoms with van der Waals surface area (Å²) in [7, 11) is 4.20. The molecule has 1 aromatic rings. The van der Waals surface area contributed by atoms with Gasteiger partial charge in [0, 0.05) is 23.5 Å². The van der Waals surface area contributed by atoms with Gasteiger partial charge in [0.05, 0.1) is 10.6 Å². The van der Waals surface area contributed by atoms with E-state index in [0.29, 0.717) is 11.7 Å². The summed E-state index contributed by atoms with van der Waals surface area (Å²) >= 11 is 9.42. The zero-order valence-electron chi connectivity index (χ0n) is 17.7. The van der Waals surface area contributed by atoms with Crippen LogP contribution in [0.4, 0.5) is 10.1 Å². The van der Waals surface area contributed by atoms with Gasteiger partial charge in [-0.1, -0.05) is 43.0 Å². The normalized spacial score (nSPS) is 23.5. The Bertz CT molecular complexity index is 947. The molecule has 184 valence electrons. The van der Waals surface area contributed by atoms with E-state index in [9.17, 15) is 14.3 Å². The third-order valence-corrected chi connectivity index (χ3v) is 6.05. The van der Waals surface area contributed by atoms with Crippen LogP contribution in [0, 0.1) is 5.82 Å². The molecular weight excluding hydrogens is 520 g/mol. The molecule has 33 heavy (non-hydrogen) atoms. The zero-order chi connectivity index (χ0) is 24.0. The molecule has 10 heteroatoms. The van der Waals surface area contributed by atoms with Crippen molar-refractivity contribution in [1.29, 1.82) is 0 Å². The number of halogens is 3. The Morgan fingerprint density at radius 3 is 2.55 bits per heavy atom. The van der Waals surface area contributed by atoms with E-state index in [1.165, 1.54) is 37.2 Å². The van der Waals surface area contributed by atoms with Gasteiger partial charge in [-0.25, -0.2) is 9.18 Å². The molecule has 4 aliphatic rings. The van der Waals surface area contributed by atoms with Crippen LogP contribution in [-0.4, -0.2) is 41.4 Å². The predicted molar refractivity (Wildman–Crippen MR) is 125 cm³/mol. The summed E-state index contributed by atoms with van der Waals surface area (Å²) in [4.78, 5) is 12.9. The van der Waals surface area contributed by atoms with Crippen molar-refractivity contribution in [2.45, 2.75) is 50.3 Å². The standard InChI is InChI=1S/C13H11ClFNO3.C10H14N2.ClH.Cu/c14-9-4-11-7(3-10(9)15)12(17)8(13(18)19)5-16(11)6-1-2-6;1-3-7-11-9(5-1)10-6-2-4-8-12-10;;/h3-6,12,17H,1-2H2,(H,18,19);1,3,5,10H,2,4,6-8H2;1H;/q;-2;;+1/p-1. The molecule has 2 atom stereocenters. The number of aliphatic carboxylic acids is 1. The maximum absolute atomic E-state index is 13.5. The minimum absolute atomic E-state index is 0.0382. The molecule has 3 heterocycles. The van der Waals surface area contributed by atoms with Gasteiger partial charge in [0.25, 0.3) is 0 Å². The third kappa shape index (κ3) is 6.53. The fourth-order valence-corrected chi connectivity index (χ4v) is 4.12. The van der Waals surface area contributed by atoms with Crippen molar-refractivity contribution in [2.24, 2.45) is 0 Å². The molecule has 2 unspecified atom stereocenters. The number of aliphatic hydroxyl groups excluding tert-OH is 1. The van der Waals surface area contributed by atoms with Gasteiger partial charge in [-0.15, -0.1) is 25.2 Å². The predicted octanol–water partition coefficient (Wildman–Crippen LogP) is 5.89. The quantitative estimate of drug-likeness (QED) is 0.464. The Kier molecular flexibility index (Phi) is 9.68. The molecular formula is C23H25Cl2CuFN3O3-2. The van der Waals surface area contributed by atoms with E-state index in [2.05, 4.69) is 54.1 Å². The van der Waals surface area contributed by atoms with E-state index in [-0.39, 0.29) is 22.2 Å². The second-order valence-electron chi connectivity index (χ2n) is 8.03. The van der Waals surface area contributed by atoms with Crippen molar-refractivity contribution in [1.82, 2.24) is 0 Å². The van der Waals surface area contributed by atoms with Crippen LogP contribution in [0.3, 0.4) is 0 Å². The summed E-state index contributed by atoms with van der Waals surface area (Å²) in [6.45, 7) is 1.87. The summed E-state index contributed by atoms with van der Waals surface area (Å²) in [5, 5.41) is 28.1. The first kappa shape index (κ1) is 26.1. The van der Waals surface area contributed by atoms with Crippen LogP contribution < -0.4 is 4.90 Å². The Balaban J connectivity index is 0.000000188. The minimum atomic E-state index is -1.34.